The van der Waals surface area contributed by atoms with E-state index in [4.69, 9.17) is 12.2 Å². The van der Waals surface area contributed by atoms with E-state index < -0.39 is 0 Å². The van der Waals surface area contributed by atoms with Gasteiger partial charge in [0.15, 0.2) is 10.6 Å². The van der Waals surface area contributed by atoms with Gasteiger partial charge in [-0.25, -0.2) is 4.98 Å². The molecule has 0 saturated heterocycles. The van der Waals surface area contributed by atoms with Crippen molar-refractivity contribution in [3.05, 3.63) is 16.0 Å². The Morgan fingerprint density at radius 1 is 1.62 bits per heavy atom. The van der Waals surface area contributed by atoms with Crippen molar-refractivity contribution < 1.29 is 0 Å². The predicted octanol–water partition coefficient (Wildman–Crippen LogP) is 1.91. The molecular weight excluding hydrogens is 204 g/mol. The van der Waals surface area contributed by atoms with E-state index in [2.05, 4.69) is 15.2 Å². The molecular formula is C7H8N4S2. The minimum atomic E-state index is 0.626. The summed E-state index contributed by atoms with van der Waals surface area (Å²) >= 11 is 6.62. The highest BCUT2D eigenvalue weighted by Crippen LogP contribution is 2.22. The first-order valence-corrected chi connectivity index (χ1v) is 4.95. The van der Waals surface area contributed by atoms with Crippen LogP contribution in [0.1, 0.15) is 5.01 Å². The highest BCUT2D eigenvalue weighted by atomic mass is 32.1. The van der Waals surface area contributed by atoms with E-state index in [-0.39, 0.29) is 0 Å². The second-order valence-corrected chi connectivity index (χ2v) is 4.28. The molecule has 0 spiro atoms. The number of rotatable bonds is 1. The van der Waals surface area contributed by atoms with E-state index in [1.165, 1.54) is 0 Å². The third-order valence-corrected chi connectivity index (χ3v) is 3.00. The number of aromatic amines is 1. The van der Waals surface area contributed by atoms with Crippen LogP contribution in [0.4, 0.5) is 0 Å². The molecule has 0 unspecified atom stereocenters. The lowest BCUT2D eigenvalue weighted by molar-refractivity contribution is 0.903. The minimum Gasteiger partial charge on any atom is -0.303 e. The molecule has 0 atom stereocenters. The Morgan fingerprint density at radius 2 is 2.38 bits per heavy atom. The zero-order valence-corrected chi connectivity index (χ0v) is 8.87. The van der Waals surface area contributed by atoms with Crippen molar-refractivity contribution in [3.8, 4) is 10.7 Å². The average Bonchev–Trinajstić information content (AvgIpc) is 2.62. The van der Waals surface area contributed by atoms with E-state index in [9.17, 15) is 0 Å². The molecule has 2 aromatic heterocycles. The Labute approximate surface area is 84.3 Å². The molecule has 0 bridgehead atoms. The fourth-order valence-electron chi connectivity index (χ4n) is 1.03. The van der Waals surface area contributed by atoms with Crippen LogP contribution in [0.3, 0.4) is 0 Å². The predicted molar refractivity (Wildman–Crippen MR) is 54.2 cm³/mol. The quantitative estimate of drug-likeness (QED) is 0.734. The van der Waals surface area contributed by atoms with Crippen molar-refractivity contribution in [2.45, 2.75) is 6.92 Å². The van der Waals surface area contributed by atoms with Crippen molar-refractivity contribution in [1.29, 1.82) is 0 Å². The topological polar surface area (TPSA) is 46.5 Å². The van der Waals surface area contributed by atoms with Crippen LogP contribution in [0.25, 0.3) is 10.7 Å². The third-order valence-electron chi connectivity index (χ3n) is 1.72. The SMILES string of the molecule is Cc1ncc(-c2n[nH]c(=S)n2C)s1. The van der Waals surface area contributed by atoms with Gasteiger partial charge in [-0.05, 0) is 19.1 Å². The van der Waals surface area contributed by atoms with Crippen LogP contribution < -0.4 is 0 Å². The average molecular weight is 212 g/mol. The van der Waals surface area contributed by atoms with Crippen LogP contribution in [0.2, 0.25) is 0 Å². The first-order valence-electron chi connectivity index (χ1n) is 3.72. The van der Waals surface area contributed by atoms with E-state index in [1.807, 2.05) is 24.7 Å². The lowest BCUT2D eigenvalue weighted by Gasteiger charge is -1.93. The summed E-state index contributed by atoms with van der Waals surface area (Å²) in [6.07, 6.45) is 1.81. The standard InChI is InChI=1S/C7H8N4S2/c1-4-8-3-5(13-4)6-9-10-7(12)11(6)2/h3H,1-2H3,(H,10,12). The van der Waals surface area contributed by atoms with Crippen molar-refractivity contribution in [2.75, 3.05) is 0 Å². The fourth-order valence-corrected chi connectivity index (χ4v) is 1.97. The molecule has 0 amide bonds. The smallest absolute Gasteiger partial charge is 0.195 e. The second kappa shape index (κ2) is 3.04. The lowest BCUT2D eigenvalue weighted by Crippen LogP contribution is -1.89. The monoisotopic (exact) mass is 212 g/mol. The lowest BCUT2D eigenvalue weighted by atomic mass is 10.5. The molecule has 6 heteroatoms. The summed E-state index contributed by atoms with van der Waals surface area (Å²) in [7, 11) is 1.89. The molecule has 4 nitrogen and oxygen atoms in total. The number of aromatic nitrogens is 4. The van der Waals surface area contributed by atoms with Gasteiger partial charge in [0.1, 0.15) is 0 Å². The molecule has 0 aromatic carbocycles. The van der Waals surface area contributed by atoms with Gasteiger partial charge in [0.05, 0.1) is 9.88 Å². The van der Waals surface area contributed by atoms with Gasteiger partial charge in [-0.2, -0.15) is 5.10 Å². The van der Waals surface area contributed by atoms with Gasteiger partial charge in [0, 0.05) is 13.2 Å². The number of aryl methyl sites for hydroxylation is 1. The number of hydrogen-bond donors (Lipinski definition) is 1. The molecule has 2 rings (SSSR count). The molecule has 2 heterocycles. The Kier molecular flexibility index (Phi) is 2.01. The third kappa shape index (κ3) is 1.42. The van der Waals surface area contributed by atoms with E-state index >= 15 is 0 Å². The normalized spacial score (nSPS) is 10.6. The van der Waals surface area contributed by atoms with Gasteiger partial charge in [-0.3, -0.25) is 5.10 Å². The van der Waals surface area contributed by atoms with Gasteiger partial charge in [-0.1, -0.05) is 0 Å². The second-order valence-electron chi connectivity index (χ2n) is 2.65. The molecule has 13 heavy (non-hydrogen) atoms. The van der Waals surface area contributed by atoms with Crippen LogP contribution in [0, 0.1) is 11.7 Å². The molecule has 68 valence electrons. The minimum absolute atomic E-state index is 0.626. The number of hydrogen-bond acceptors (Lipinski definition) is 4. The van der Waals surface area contributed by atoms with Gasteiger partial charge >= 0.3 is 0 Å². The largest absolute Gasteiger partial charge is 0.303 e. The Morgan fingerprint density at radius 3 is 2.85 bits per heavy atom. The number of thiazole rings is 1. The van der Waals surface area contributed by atoms with Crippen LogP contribution in [0.5, 0.6) is 0 Å². The first kappa shape index (κ1) is 8.58. The molecule has 0 aliphatic heterocycles. The number of H-pyrrole nitrogens is 1. The van der Waals surface area contributed by atoms with Gasteiger partial charge in [0.2, 0.25) is 0 Å². The first-order chi connectivity index (χ1) is 6.18. The summed E-state index contributed by atoms with van der Waals surface area (Å²) in [6, 6.07) is 0. The van der Waals surface area contributed by atoms with Crippen molar-refractivity contribution in [1.82, 2.24) is 19.7 Å². The molecule has 1 N–H and O–H groups in total. The summed E-state index contributed by atoms with van der Waals surface area (Å²) in [6.45, 7) is 1.97. The number of nitrogens with zero attached hydrogens (tertiary/aromatic N) is 3. The zero-order valence-electron chi connectivity index (χ0n) is 7.24. The van der Waals surface area contributed by atoms with E-state index in [1.54, 1.807) is 11.3 Å². The van der Waals surface area contributed by atoms with Crippen molar-refractivity contribution >= 4 is 23.6 Å². The Hall–Kier alpha value is -1.01. The maximum atomic E-state index is 5.01. The summed E-state index contributed by atoms with van der Waals surface area (Å²) in [4.78, 5) is 5.20. The van der Waals surface area contributed by atoms with Crippen LogP contribution in [-0.4, -0.2) is 19.7 Å². The number of nitrogens with one attached hydrogen (secondary N) is 1. The summed E-state index contributed by atoms with van der Waals surface area (Å²) in [5.41, 5.74) is 0. The van der Waals surface area contributed by atoms with Crippen molar-refractivity contribution in [3.63, 3.8) is 0 Å². The summed E-state index contributed by atoms with van der Waals surface area (Å²) in [5, 5.41) is 7.89. The van der Waals surface area contributed by atoms with Crippen LogP contribution in [0.15, 0.2) is 6.20 Å². The maximum absolute atomic E-state index is 5.01. The molecule has 0 radical (unpaired) electrons. The summed E-state index contributed by atoms with van der Waals surface area (Å²) in [5.74, 6) is 0.843. The maximum Gasteiger partial charge on any atom is 0.195 e. The summed E-state index contributed by atoms with van der Waals surface area (Å²) < 4.78 is 2.46. The molecule has 0 saturated carbocycles. The highest BCUT2D eigenvalue weighted by Gasteiger charge is 2.07. The van der Waals surface area contributed by atoms with Gasteiger partial charge in [-0.15, -0.1) is 11.3 Å². The molecule has 0 aliphatic rings. The van der Waals surface area contributed by atoms with Crippen molar-refractivity contribution in [2.24, 2.45) is 7.05 Å². The van der Waals surface area contributed by atoms with Gasteiger partial charge < -0.3 is 4.57 Å². The van der Waals surface area contributed by atoms with E-state index in [0.717, 1.165) is 15.7 Å². The molecule has 2 aromatic rings. The highest BCUT2D eigenvalue weighted by molar-refractivity contribution is 7.71. The Bertz CT molecular complexity index is 479. The fraction of sp³-hybridized carbons (Fsp3) is 0.286. The van der Waals surface area contributed by atoms with E-state index in [0.29, 0.717) is 4.77 Å². The zero-order chi connectivity index (χ0) is 9.42. The molecule has 0 fully saturated rings. The molecule has 0 aliphatic carbocycles. The van der Waals surface area contributed by atoms with Crippen LogP contribution >= 0.6 is 23.6 Å². The Balaban J connectivity index is 2.58. The van der Waals surface area contributed by atoms with Crippen LogP contribution in [-0.2, 0) is 7.05 Å². The van der Waals surface area contributed by atoms with Gasteiger partial charge in [0.25, 0.3) is 0 Å².